The van der Waals surface area contributed by atoms with E-state index < -0.39 is 0 Å². The molecule has 2 atom stereocenters. The Morgan fingerprint density at radius 1 is 1.00 bits per heavy atom. The number of halogens is 1. The molecule has 1 aliphatic rings. The molecule has 28 heavy (non-hydrogen) atoms. The van der Waals surface area contributed by atoms with E-state index in [9.17, 15) is 0 Å². The Morgan fingerprint density at radius 2 is 1.79 bits per heavy atom. The molecule has 2 heterocycles. The first-order chi connectivity index (χ1) is 13.3. The number of hydrogen-bond acceptors (Lipinski definition) is 5. The van der Waals surface area contributed by atoms with Crippen molar-refractivity contribution in [2.75, 3.05) is 19.6 Å². The van der Waals surface area contributed by atoms with Gasteiger partial charge in [-0.3, -0.25) is 9.88 Å². The van der Waals surface area contributed by atoms with E-state index in [1.165, 1.54) is 11.1 Å². The van der Waals surface area contributed by atoms with Gasteiger partial charge in [0.25, 0.3) is 0 Å². The number of aromatic nitrogens is 2. The molecule has 0 saturated carbocycles. The number of nitrogens with zero attached hydrogens (tertiary/aromatic N) is 3. The summed E-state index contributed by atoms with van der Waals surface area (Å²) in [7, 11) is 0. The van der Waals surface area contributed by atoms with Crippen LogP contribution in [0, 0.1) is 5.92 Å². The van der Waals surface area contributed by atoms with Crippen LogP contribution in [-0.2, 0) is 6.54 Å². The molecule has 0 amide bonds. The summed E-state index contributed by atoms with van der Waals surface area (Å²) in [4.78, 5) is 10.6. The van der Waals surface area contributed by atoms with Crippen LogP contribution in [0.5, 0.6) is 11.6 Å². The number of rotatable bonds is 6. The molecule has 1 fully saturated rings. The summed E-state index contributed by atoms with van der Waals surface area (Å²) < 4.78 is 5.71. The van der Waals surface area contributed by atoms with Gasteiger partial charge >= 0.3 is 0 Å². The van der Waals surface area contributed by atoms with Crippen molar-refractivity contribution in [2.24, 2.45) is 11.7 Å². The Bertz CT molecular complexity index is 845. The lowest BCUT2D eigenvalue weighted by Crippen LogP contribution is -2.23. The molecule has 0 bridgehead atoms. The van der Waals surface area contributed by atoms with Crippen LogP contribution in [0.1, 0.15) is 17.0 Å². The lowest BCUT2D eigenvalue weighted by Gasteiger charge is -2.17. The number of ether oxygens (including phenoxy) is 1. The Labute approximate surface area is 172 Å². The van der Waals surface area contributed by atoms with Crippen LogP contribution in [0.4, 0.5) is 0 Å². The highest BCUT2D eigenvalue weighted by Crippen LogP contribution is 2.33. The molecule has 0 aliphatic carbocycles. The predicted octanol–water partition coefficient (Wildman–Crippen LogP) is 3.87. The molecule has 1 aliphatic heterocycles. The van der Waals surface area contributed by atoms with Crippen molar-refractivity contribution in [3.8, 4) is 11.6 Å². The minimum absolute atomic E-state index is 0. The monoisotopic (exact) mass is 396 g/mol. The zero-order valence-corrected chi connectivity index (χ0v) is 16.5. The summed E-state index contributed by atoms with van der Waals surface area (Å²) in [5, 5.41) is 0. The molecule has 0 radical (unpaired) electrons. The van der Waals surface area contributed by atoms with Crippen molar-refractivity contribution < 1.29 is 4.74 Å². The molecule has 146 valence electrons. The molecular formula is C22H25ClN4O. The van der Waals surface area contributed by atoms with E-state index in [4.69, 9.17) is 10.5 Å². The lowest BCUT2D eigenvalue weighted by molar-refractivity contribution is 0.316. The summed E-state index contributed by atoms with van der Waals surface area (Å²) in [5.41, 5.74) is 8.72. The predicted molar refractivity (Wildman–Crippen MR) is 113 cm³/mol. The minimum atomic E-state index is 0. The topological polar surface area (TPSA) is 64.3 Å². The van der Waals surface area contributed by atoms with Gasteiger partial charge < -0.3 is 10.5 Å². The molecule has 5 nitrogen and oxygen atoms in total. The second-order valence-electron chi connectivity index (χ2n) is 7.00. The molecule has 6 heteroatoms. The summed E-state index contributed by atoms with van der Waals surface area (Å²) in [6.45, 7) is 3.73. The Kier molecular flexibility index (Phi) is 6.98. The summed E-state index contributed by atoms with van der Waals surface area (Å²) in [6, 6.07) is 18.9. The van der Waals surface area contributed by atoms with Crippen LogP contribution in [0.15, 0.2) is 73.2 Å². The Hall–Kier alpha value is -2.47. The van der Waals surface area contributed by atoms with Gasteiger partial charge in [-0.1, -0.05) is 42.5 Å². The van der Waals surface area contributed by atoms with E-state index in [-0.39, 0.29) is 12.4 Å². The molecule has 2 N–H and O–H groups in total. The maximum Gasteiger partial charge on any atom is 0.237 e. The van der Waals surface area contributed by atoms with Crippen molar-refractivity contribution in [3.05, 3.63) is 84.3 Å². The molecule has 3 aromatic rings. The third kappa shape index (κ3) is 4.87. The number of hydrogen-bond donors (Lipinski definition) is 1. The van der Waals surface area contributed by atoms with Crippen molar-refractivity contribution >= 4 is 12.4 Å². The molecule has 1 aromatic heterocycles. The zero-order chi connectivity index (χ0) is 18.5. The SMILES string of the molecule is Cl.NC[C@@H]1CN(Cc2ccc(Oc3cnccn3)cc2)C[C@H]1c1ccccc1. The van der Waals surface area contributed by atoms with Gasteiger partial charge in [0.05, 0.1) is 6.20 Å². The fourth-order valence-electron chi connectivity index (χ4n) is 3.79. The third-order valence-corrected chi connectivity index (χ3v) is 5.14. The highest BCUT2D eigenvalue weighted by molar-refractivity contribution is 5.85. The van der Waals surface area contributed by atoms with Crippen molar-refractivity contribution in [1.29, 1.82) is 0 Å². The van der Waals surface area contributed by atoms with E-state index in [2.05, 4.69) is 57.3 Å². The molecule has 4 rings (SSSR count). The lowest BCUT2D eigenvalue weighted by atomic mass is 9.89. The van der Waals surface area contributed by atoms with Gasteiger partial charge in [-0.15, -0.1) is 12.4 Å². The Balaban J connectivity index is 0.00000225. The standard InChI is InChI=1S/C22H24N4O.ClH/c23-12-19-15-26(16-21(19)18-4-2-1-3-5-18)14-17-6-8-20(9-7-17)27-22-13-24-10-11-25-22;/h1-11,13,19,21H,12,14-16,23H2;1H/t19-,21+;/m1./s1. The van der Waals surface area contributed by atoms with Gasteiger partial charge in [0.2, 0.25) is 5.88 Å². The van der Waals surface area contributed by atoms with E-state index >= 15 is 0 Å². The fourth-order valence-corrected chi connectivity index (χ4v) is 3.79. The first kappa shape index (κ1) is 20.3. The molecular weight excluding hydrogens is 372 g/mol. The van der Waals surface area contributed by atoms with Crippen LogP contribution in [0.2, 0.25) is 0 Å². The summed E-state index contributed by atoms with van der Waals surface area (Å²) in [6.07, 6.45) is 4.85. The van der Waals surface area contributed by atoms with Gasteiger partial charge in [-0.2, -0.15) is 0 Å². The molecule has 2 aromatic carbocycles. The number of benzene rings is 2. The smallest absolute Gasteiger partial charge is 0.237 e. The first-order valence-corrected chi connectivity index (χ1v) is 9.32. The average Bonchev–Trinajstić information content (AvgIpc) is 3.14. The minimum Gasteiger partial charge on any atom is -0.438 e. The zero-order valence-electron chi connectivity index (χ0n) is 15.6. The van der Waals surface area contributed by atoms with E-state index in [0.29, 0.717) is 17.7 Å². The van der Waals surface area contributed by atoms with Crippen LogP contribution in [-0.4, -0.2) is 34.5 Å². The maximum absolute atomic E-state index is 6.06. The van der Waals surface area contributed by atoms with Crippen molar-refractivity contribution in [2.45, 2.75) is 12.5 Å². The normalized spacial score (nSPS) is 19.2. The average molecular weight is 397 g/mol. The van der Waals surface area contributed by atoms with Gasteiger partial charge in [0.1, 0.15) is 5.75 Å². The van der Waals surface area contributed by atoms with Gasteiger partial charge in [-0.05, 0) is 35.7 Å². The summed E-state index contributed by atoms with van der Waals surface area (Å²) >= 11 is 0. The first-order valence-electron chi connectivity index (χ1n) is 9.32. The quantitative estimate of drug-likeness (QED) is 0.685. The van der Waals surface area contributed by atoms with E-state index in [0.717, 1.165) is 31.9 Å². The maximum atomic E-state index is 6.06. The summed E-state index contributed by atoms with van der Waals surface area (Å²) in [5.74, 6) is 2.28. The number of nitrogens with two attached hydrogens (primary N) is 1. The van der Waals surface area contributed by atoms with Crippen LogP contribution < -0.4 is 10.5 Å². The third-order valence-electron chi connectivity index (χ3n) is 5.14. The van der Waals surface area contributed by atoms with Crippen molar-refractivity contribution in [3.63, 3.8) is 0 Å². The van der Waals surface area contributed by atoms with Gasteiger partial charge in [0.15, 0.2) is 0 Å². The largest absolute Gasteiger partial charge is 0.438 e. The van der Waals surface area contributed by atoms with Gasteiger partial charge in [0, 0.05) is 37.9 Å². The molecule has 0 spiro atoms. The highest BCUT2D eigenvalue weighted by Gasteiger charge is 2.32. The van der Waals surface area contributed by atoms with Crippen LogP contribution in [0.25, 0.3) is 0 Å². The fraction of sp³-hybridized carbons (Fsp3) is 0.273. The highest BCUT2D eigenvalue weighted by atomic mass is 35.5. The van der Waals surface area contributed by atoms with E-state index in [1.54, 1.807) is 18.6 Å². The second-order valence-corrected chi connectivity index (χ2v) is 7.00. The van der Waals surface area contributed by atoms with Crippen LogP contribution in [0.3, 0.4) is 0 Å². The molecule has 0 unspecified atom stereocenters. The van der Waals surface area contributed by atoms with E-state index in [1.807, 2.05) is 12.1 Å². The Morgan fingerprint density at radius 3 is 2.46 bits per heavy atom. The van der Waals surface area contributed by atoms with Crippen molar-refractivity contribution in [1.82, 2.24) is 14.9 Å². The molecule has 1 saturated heterocycles. The van der Waals surface area contributed by atoms with Gasteiger partial charge in [-0.25, -0.2) is 4.98 Å². The second kappa shape index (κ2) is 9.64. The van der Waals surface area contributed by atoms with Crippen LogP contribution >= 0.6 is 12.4 Å². The number of likely N-dealkylation sites (tertiary alicyclic amines) is 1.